The van der Waals surface area contributed by atoms with Gasteiger partial charge in [-0.05, 0) is 32.3 Å². The fraction of sp³-hybridized carbons (Fsp3) is 0.722. The molecule has 0 saturated carbocycles. The van der Waals surface area contributed by atoms with E-state index in [9.17, 15) is 18.7 Å². The molecule has 0 aliphatic carbocycles. The van der Waals surface area contributed by atoms with E-state index in [0.29, 0.717) is 12.2 Å². The molecule has 0 amide bonds. The van der Waals surface area contributed by atoms with Crippen LogP contribution < -0.4 is 0 Å². The Kier molecular flexibility index (Phi) is 7.55. The van der Waals surface area contributed by atoms with Crippen molar-refractivity contribution in [1.82, 2.24) is 0 Å². The number of carbonyl (C=O) groups is 1. The van der Waals surface area contributed by atoms with Gasteiger partial charge in [0.15, 0.2) is 6.10 Å². The van der Waals surface area contributed by atoms with Gasteiger partial charge in [0, 0.05) is 25.5 Å². The van der Waals surface area contributed by atoms with Crippen LogP contribution in [0.1, 0.15) is 40.5 Å². The van der Waals surface area contributed by atoms with Gasteiger partial charge in [0.1, 0.15) is 0 Å². The molecule has 5 atom stereocenters. The van der Waals surface area contributed by atoms with Crippen molar-refractivity contribution in [2.24, 2.45) is 11.8 Å². The molecule has 0 aromatic carbocycles. The van der Waals surface area contributed by atoms with Crippen LogP contribution in [0.4, 0.5) is 8.78 Å². The third-order valence-corrected chi connectivity index (χ3v) is 4.44. The first kappa shape index (κ1) is 20.8. The van der Waals surface area contributed by atoms with Crippen LogP contribution in [0.25, 0.3) is 0 Å². The number of allylic oxidation sites excluding steroid dienone is 2. The van der Waals surface area contributed by atoms with Crippen LogP contribution in [0.5, 0.6) is 0 Å². The highest BCUT2D eigenvalue weighted by molar-refractivity contribution is 5.83. The van der Waals surface area contributed by atoms with E-state index in [-0.39, 0.29) is 24.4 Å². The normalized spacial score (nSPS) is 24.7. The highest BCUT2D eigenvalue weighted by Gasteiger charge is 2.45. The number of aliphatic hydroxyl groups excluding tert-OH is 1. The number of ether oxygens (including phenoxy) is 2. The highest BCUT2D eigenvalue weighted by atomic mass is 19.3. The van der Waals surface area contributed by atoms with E-state index in [0.717, 1.165) is 6.42 Å². The van der Waals surface area contributed by atoms with E-state index in [1.54, 1.807) is 14.0 Å². The second-order valence-corrected chi connectivity index (χ2v) is 6.79. The molecule has 1 aliphatic heterocycles. The van der Waals surface area contributed by atoms with Gasteiger partial charge in [-0.3, -0.25) is 0 Å². The summed E-state index contributed by atoms with van der Waals surface area (Å²) >= 11 is 0. The molecule has 0 radical (unpaired) electrons. The van der Waals surface area contributed by atoms with Gasteiger partial charge in [0.25, 0.3) is 0 Å². The summed E-state index contributed by atoms with van der Waals surface area (Å²) in [5, 5.41) is 10.4. The van der Waals surface area contributed by atoms with Crippen LogP contribution >= 0.6 is 0 Å². The number of carbonyl (C=O) groups excluding carboxylic acids is 1. The molecule has 0 aromatic heterocycles. The molecule has 24 heavy (non-hydrogen) atoms. The van der Waals surface area contributed by atoms with Crippen molar-refractivity contribution in [3.05, 3.63) is 23.8 Å². The second-order valence-electron chi connectivity index (χ2n) is 6.79. The number of methoxy groups -OCH3 is 1. The Balaban J connectivity index is 2.74. The van der Waals surface area contributed by atoms with Gasteiger partial charge in [-0.25, -0.2) is 4.79 Å². The van der Waals surface area contributed by atoms with Gasteiger partial charge in [-0.2, -0.15) is 8.78 Å². The molecule has 0 fully saturated rings. The molecule has 1 rings (SSSR count). The Labute approximate surface area is 142 Å². The smallest absolute Gasteiger partial charge is 0.331 e. The third-order valence-electron chi connectivity index (χ3n) is 4.44. The van der Waals surface area contributed by atoms with Crippen molar-refractivity contribution >= 4 is 5.97 Å². The topological polar surface area (TPSA) is 55.8 Å². The van der Waals surface area contributed by atoms with Crippen LogP contribution in [0.15, 0.2) is 23.8 Å². The predicted molar refractivity (Wildman–Crippen MR) is 87.8 cm³/mol. The van der Waals surface area contributed by atoms with Gasteiger partial charge in [-0.1, -0.05) is 25.5 Å². The zero-order valence-corrected chi connectivity index (χ0v) is 15.0. The minimum Gasteiger partial charge on any atom is -0.452 e. The molecular weight excluding hydrogens is 318 g/mol. The summed E-state index contributed by atoms with van der Waals surface area (Å²) < 4.78 is 37.8. The lowest BCUT2D eigenvalue weighted by Crippen LogP contribution is -2.44. The first-order valence-corrected chi connectivity index (χ1v) is 8.20. The fourth-order valence-electron chi connectivity index (χ4n) is 2.92. The van der Waals surface area contributed by atoms with Crippen molar-refractivity contribution < 1.29 is 28.2 Å². The lowest BCUT2D eigenvalue weighted by Gasteiger charge is -2.34. The summed E-state index contributed by atoms with van der Waals surface area (Å²) in [7, 11) is 1.55. The molecule has 1 aliphatic rings. The van der Waals surface area contributed by atoms with Crippen LogP contribution in [0, 0.1) is 11.8 Å². The summed E-state index contributed by atoms with van der Waals surface area (Å²) in [6.07, 6.45) is 0.751. The van der Waals surface area contributed by atoms with Crippen molar-refractivity contribution in [3.8, 4) is 0 Å². The van der Waals surface area contributed by atoms with Crippen LogP contribution in [-0.4, -0.2) is 42.4 Å². The molecule has 1 heterocycles. The number of halogens is 2. The molecule has 6 heteroatoms. The number of hydrogen-bond donors (Lipinski definition) is 1. The highest BCUT2D eigenvalue weighted by Crippen LogP contribution is 2.32. The lowest BCUT2D eigenvalue weighted by molar-refractivity contribution is -0.170. The van der Waals surface area contributed by atoms with Gasteiger partial charge < -0.3 is 14.6 Å². The van der Waals surface area contributed by atoms with Crippen molar-refractivity contribution in [2.45, 2.75) is 64.8 Å². The van der Waals surface area contributed by atoms with Crippen LogP contribution in [0.2, 0.25) is 0 Å². The molecular formula is C18H28F2O4. The molecule has 4 nitrogen and oxygen atoms in total. The molecule has 0 saturated heterocycles. The fourth-order valence-corrected chi connectivity index (χ4v) is 2.92. The van der Waals surface area contributed by atoms with E-state index >= 15 is 0 Å². The number of rotatable bonds is 8. The predicted octanol–water partition coefficient (Wildman–Crippen LogP) is 3.50. The second kappa shape index (κ2) is 8.72. The molecule has 0 aromatic rings. The van der Waals surface area contributed by atoms with E-state index in [1.807, 2.05) is 20.8 Å². The van der Waals surface area contributed by atoms with Crippen molar-refractivity contribution in [1.29, 1.82) is 0 Å². The third kappa shape index (κ3) is 5.67. The number of aliphatic hydroxyl groups is 1. The van der Waals surface area contributed by atoms with Crippen LogP contribution in [-0.2, 0) is 14.3 Å². The maximum atomic E-state index is 13.8. The van der Waals surface area contributed by atoms with Gasteiger partial charge >= 0.3 is 11.9 Å². The maximum Gasteiger partial charge on any atom is 0.331 e. The maximum absolute atomic E-state index is 13.8. The summed E-state index contributed by atoms with van der Waals surface area (Å²) in [4.78, 5) is 11.2. The standard InChI is InChI=1S/C18H28F2O4/c1-11(2)6-7-12(3)17(23-5)13(4)14(21)10-15-18(19,20)9-8-16(22)24-15/h6,8-9,12-15,17,21H,7,10H2,1-5H3/t12-,13-,14+,15-,17+/m0/s1. The summed E-state index contributed by atoms with van der Waals surface area (Å²) in [6, 6.07) is 0. The lowest BCUT2D eigenvalue weighted by atomic mass is 9.84. The Morgan fingerprint density at radius 2 is 2.08 bits per heavy atom. The van der Waals surface area contributed by atoms with Crippen molar-refractivity contribution in [3.63, 3.8) is 0 Å². The van der Waals surface area contributed by atoms with Gasteiger partial charge in [-0.15, -0.1) is 0 Å². The zero-order valence-electron chi connectivity index (χ0n) is 15.0. The monoisotopic (exact) mass is 346 g/mol. The number of esters is 1. The molecule has 1 N–H and O–H groups in total. The average Bonchev–Trinajstić information content (AvgIpc) is 2.49. The Bertz CT molecular complexity index is 483. The Hall–Kier alpha value is -1.27. The van der Waals surface area contributed by atoms with Crippen LogP contribution in [0.3, 0.4) is 0 Å². The Morgan fingerprint density at radius 1 is 1.46 bits per heavy atom. The van der Waals surface area contributed by atoms with Gasteiger partial charge in [0.05, 0.1) is 12.2 Å². The number of alkyl halides is 2. The van der Waals surface area contributed by atoms with Gasteiger partial charge in [0.2, 0.25) is 0 Å². The van der Waals surface area contributed by atoms with E-state index < -0.39 is 24.1 Å². The Morgan fingerprint density at radius 3 is 2.62 bits per heavy atom. The SMILES string of the molecule is CO[C@@H]([C@@H](C)[C@H](O)C[C@@H]1OC(=O)C=CC1(F)F)[C@@H](C)CC=C(C)C. The summed E-state index contributed by atoms with van der Waals surface area (Å²) in [5.74, 6) is -4.35. The average molecular weight is 346 g/mol. The largest absolute Gasteiger partial charge is 0.452 e. The van der Waals surface area contributed by atoms with E-state index in [1.165, 1.54) is 5.57 Å². The molecule has 0 unspecified atom stereocenters. The zero-order chi connectivity index (χ0) is 18.5. The van der Waals surface area contributed by atoms with Crippen molar-refractivity contribution in [2.75, 3.05) is 7.11 Å². The molecule has 138 valence electrons. The van der Waals surface area contributed by atoms with E-state index in [2.05, 4.69) is 10.8 Å². The first-order chi connectivity index (χ1) is 11.1. The quantitative estimate of drug-likeness (QED) is 0.540. The number of cyclic esters (lactones) is 1. The molecule has 0 spiro atoms. The minimum absolute atomic E-state index is 0.115. The van der Waals surface area contributed by atoms with E-state index in [4.69, 9.17) is 4.74 Å². The molecule has 0 bridgehead atoms. The first-order valence-electron chi connectivity index (χ1n) is 8.20. The number of hydrogen-bond acceptors (Lipinski definition) is 4. The minimum atomic E-state index is -3.27. The summed E-state index contributed by atoms with van der Waals surface area (Å²) in [5.41, 5.74) is 1.19. The summed E-state index contributed by atoms with van der Waals surface area (Å²) in [6.45, 7) is 7.75.